The molecule has 1 aromatic carbocycles. The molecule has 3 nitrogen and oxygen atoms in total. The summed E-state index contributed by atoms with van der Waals surface area (Å²) in [6.07, 6.45) is 0. The van der Waals surface area contributed by atoms with Crippen LogP contribution in [0.4, 0.5) is 0 Å². The molecule has 16 heavy (non-hydrogen) atoms. The summed E-state index contributed by atoms with van der Waals surface area (Å²) < 4.78 is 0. The summed E-state index contributed by atoms with van der Waals surface area (Å²) in [5, 5.41) is 3.92. The molecule has 0 spiro atoms. The second kappa shape index (κ2) is 4.85. The van der Waals surface area contributed by atoms with E-state index in [-0.39, 0.29) is 11.9 Å². The van der Waals surface area contributed by atoms with E-state index in [1.807, 2.05) is 4.90 Å². The van der Waals surface area contributed by atoms with E-state index in [9.17, 15) is 4.79 Å². The molecule has 0 saturated carbocycles. The van der Waals surface area contributed by atoms with Gasteiger partial charge in [-0.25, -0.2) is 0 Å². The number of benzene rings is 1. The molecule has 0 aliphatic carbocycles. The molecule has 0 bridgehead atoms. The van der Waals surface area contributed by atoms with E-state index in [1.54, 1.807) is 24.3 Å². The van der Waals surface area contributed by atoms with E-state index in [0.29, 0.717) is 10.6 Å². The van der Waals surface area contributed by atoms with Crippen LogP contribution in [0, 0.1) is 0 Å². The minimum Gasteiger partial charge on any atom is -0.333 e. The summed E-state index contributed by atoms with van der Waals surface area (Å²) in [5.41, 5.74) is 0.707. The number of hydrogen-bond donors (Lipinski definition) is 1. The predicted octanol–water partition coefficient (Wildman–Crippen LogP) is 1.77. The highest BCUT2D eigenvalue weighted by atomic mass is 35.5. The molecule has 1 aliphatic rings. The van der Waals surface area contributed by atoms with Crippen LogP contribution in [-0.2, 0) is 0 Å². The van der Waals surface area contributed by atoms with Gasteiger partial charge in [0.25, 0.3) is 5.91 Å². The fourth-order valence-corrected chi connectivity index (χ4v) is 2.03. The van der Waals surface area contributed by atoms with Crippen molar-refractivity contribution in [1.29, 1.82) is 0 Å². The van der Waals surface area contributed by atoms with E-state index in [1.165, 1.54) is 0 Å². The van der Waals surface area contributed by atoms with Crippen molar-refractivity contribution in [3.8, 4) is 0 Å². The Bertz CT molecular complexity index is 377. The molecular formula is C12H15ClN2O. The summed E-state index contributed by atoms with van der Waals surface area (Å²) in [6.45, 7) is 4.55. The Labute approximate surface area is 100 Å². The highest BCUT2D eigenvalue weighted by molar-refractivity contribution is 6.30. The first-order valence-corrected chi connectivity index (χ1v) is 5.83. The van der Waals surface area contributed by atoms with Crippen LogP contribution in [0.15, 0.2) is 24.3 Å². The van der Waals surface area contributed by atoms with E-state index >= 15 is 0 Å². The molecule has 1 aliphatic heterocycles. The smallest absolute Gasteiger partial charge is 0.254 e. The molecule has 1 fully saturated rings. The Morgan fingerprint density at radius 3 is 2.75 bits per heavy atom. The van der Waals surface area contributed by atoms with Crippen molar-refractivity contribution in [2.45, 2.75) is 13.0 Å². The molecule has 1 aromatic rings. The fraction of sp³-hybridized carbons (Fsp3) is 0.417. The molecule has 0 radical (unpaired) electrons. The Morgan fingerprint density at radius 2 is 2.12 bits per heavy atom. The minimum absolute atomic E-state index is 0.0886. The zero-order valence-corrected chi connectivity index (χ0v) is 10.00. The number of halogens is 1. The van der Waals surface area contributed by atoms with Gasteiger partial charge in [-0.05, 0) is 31.2 Å². The molecule has 0 aromatic heterocycles. The van der Waals surface area contributed by atoms with Crippen LogP contribution in [0.1, 0.15) is 17.3 Å². The van der Waals surface area contributed by atoms with Crippen LogP contribution in [0.25, 0.3) is 0 Å². The third-order valence-corrected chi connectivity index (χ3v) is 3.11. The standard InChI is InChI=1S/C12H15ClN2O/c1-9-8-14-6-7-15(9)12(16)10-2-4-11(13)5-3-10/h2-5,9,14H,6-8H2,1H3. The first-order valence-electron chi connectivity index (χ1n) is 5.46. The highest BCUT2D eigenvalue weighted by Crippen LogP contribution is 2.13. The van der Waals surface area contributed by atoms with E-state index in [0.717, 1.165) is 19.6 Å². The Kier molecular flexibility index (Phi) is 3.46. The van der Waals surface area contributed by atoms with Crippen molar-refractivity contribution in [3.05, 3.63) is 34.9 Å². The van der Waals surface area contributed by atoms with Gasteiger partial charge in [-0.2, -0.15) is 0 Å². The lowest BCUT2D eigenvalue weighted by Gasteiger charge is -2.34. The SMILES string of the molecule is CC1CNCCN1C(=O)c1ccc(Cl)cc1. The first-order chi connectivity index (χ1) is 7.68. The summed E-state index contributed by atoms with van der Waals surface area (Å²) in [5.74, 6) is 0.0886. The number of carbonyl (C=O) groups excluding carboxylic acids is 1. The van der Waals surface area contributed by atoms with Gasteiger partial charge in [-0.3, -0.25) is 4.79 Å². The van der Waals surface area contributed by atoms with Gasteiger partial charge in [-0.1, -0.05) is 11.6 Å². The van der Waals surface area contributed by atoms with Crippen LogP contribution in [0.2, 0.25) is 5.02 Å². The van der Waals surface area contributed by atoms with Gasteiger partial charge in [0.1, 0.15) is 0 Å². The fourth-order valence-electron chi connectivity index (χ4n) is 1.90. The second-order valence-corrected chi connectivity index (χ2v) is 4.50. The van der Waals surface area contributed by atoms with Crippen molar-refractivity contribution in [1.82, 2.24) is 10.2 Å². The Balaban J connectivity index is 2.14. The van der Waals surface area contributed by atoms with Crippen LogP contribution >= 0.6 is 11.6 Å². The third kappa shape index (κ3) is 2.36. The van der Waals surface area contributed by atoms with Gasteiger partial charge in [-0.15, -0.1) is 0 Å². The summed E-state index contributed by atoms with van der Waals surface area (Å²) in [4.78, 5) is 14.1. The van der Waals surface area contributed by atoms with Crippen LogP contribution in [0.3, 0.4) is 0 Å². The first kappa shape index (κ1) is 11.4. The molecule has 1 heterocycles. The molecule has 86 valence electrons. The van der Waals surface area contributed by atoms with Crippen LogP contribution in [0.5, 0.6) is 0 Å². The lowest BCUT2D eigenvalue weighted by molar-refractivity contribution is 0.0656. The number of hydrogen-bond acceptors (Lipinski definition) is 2. The van der Waals surface area contributed by atoms with Crippen molar-refractivity contribution >= 4 is 17.5 Å². The highest BCUT2D eigenvalue weighted by Gasteiger charge is 2.23. The normalized spacial score (nSPS) is 20.9. The van der Waals surface area contributed by atoms with Crippen LogP contribution < -0.4 is 5.32 Å². The molecule has 1 atom stereocenters. The maximum atomic E-state index is 12.2. The summed E-state index contributed by atoms with van der Waals surface area (Å²) >= 11 is 5.80. The van der Waals surface area contributed by atoms with E-state index in [4.69, 9.17) is 11.6 Å². The summed E-state index contributed by atoms with van der Waals surface area (Å²) in [6, 6.07) is 7.30. The largest absolute Gasteiger partial charge is 0.333 e. The minimum atomic E-state index is 0.0886. The molecule has 2 rings (SSSR count). The number of carbonyl (C=O) groups is 1. The van der Waals surface area contributed by atoms with Crippen molar-refractivity contribution in [3.63, 3.8) is 0 Å². The number of piperazine rings is 1. The van der Waals surface area contributed by atoms with Gasteiger partial charge in [0, 0.05) is 36.3 Å². The van der Waals surface area contributed by atoms with Gasteiger partial charge in [0.2, 0.25) is 0 Å². The molecule has 4 heteroatoms. The number of amides is 1. The number of nitrogens with one attached hydrogen (secondary N) is 1. The lowest BCUT2D eigenvalue weighted by atomic mass is 10.1. The molecule has 1 unspecified atom stereocenters. The van der Waals surface area contributed by atoms with Crippen molar-refractivity contribution < 1.29 is 4.79 Å². The number of nitrogens with zero attached hydrogens (tertiary/aromatic N) is 1. The van der Waals surface area contributed by atoms with Crippen molar-refractivity contribution in [2.75, 3.05) is 19.6 Å². The van der Waals surface area contributed by atoms with Gasteiger partial charge in [0.05, 0.1) is 0 Å². The predicted molar refractivity (Wildman–Crippen MR) is 64.8 cm³/mol. The summed E-state index contributed by atoms with van der Waals surface area (Å²) in [7, 11) is 0. The van der Waals surface area contributed by atoms with E-state index < -0.39 is 0 Å². The topological polar surface area (TPSA) is 32.3 Å². The average molecular weight is 239 g/mol. The zero-order valence-electron chi connectivity index (χ0n) is 9.24. The second-order valence-electron chi connectivity index (χ2n) is 4.06. The molecular weight excluding hydrogens is 224 g/mol. The quantitative estimate of drug-likeness (QED) is 0.809. The molecule has 1 N–H and O–H groups in total. The van der Waals surface area contributed by atoms with Crippen molar-refractivity contribution in [2.24, 2.45) is 0 Å². The molecule has 1 amide bonds. The number of rotatable bonds is 1. The lowest BCUT2D eigenvalue weighted by Crippen LogP contribution is -2.52. The monoisotopic (exact) mass is 238 g/mol. The molecule has 1 saturated heterocycles. The third-order valence-electron chi connectivity index (χ3n) is 2.85. The Morgan fingerprint density at radius 1 is 1.44 bits per heavy atom. The van der Waals surface area contributed by atoms with E-state index in [2.05, 4.69) is 12.2 Å². The van der Waals surface area contributed by atoms with Gasteiger partial charge < -0.3 is 10.2 Å². The zero-order chi connectivity index (χ0) is 11.5. The maximum Gasteiger partial charge on any atom is 0.254 e. The van der Waals surface area contributed by atoms with Gasteiger partial charge in [0.15, 0.2) is 0 Å². The average Bonchev–Trinajstić information content (AvgIpc) is 2.30. The van der Waals surface area contributed by atoms with Crippen LogP contribution in [-0.4, -0.2) is 36.5 Å². The Hall–Kier alpha value is -1.06. The maximum absolute atomic E-state index is 12.2. The van der Waals surface area contributed by atoms with Gasteiger partial charge >= 0.3 is 0 Å².